The Kier molecular flexibility index (Phi) is 8.87. The number of hydrogen-bond acceptors (Lipinski definition) is 4. The van der Waals surface area contributed by atoms with Gasteiger partial charge in [-0.2, -0.15) is 0 Å². The second-order valence-electron chi connectivity index (χ2n) is 8.50. The summed E-state index contributed by atoms with van der Waals surface area (Å²) in [5.41, 5.74) is 1.46. The van der Waals surface area contributed by atoms with E-state index in [2.05, 4.69) is 4.90 Å². The van der Waals surface area contributed by atoms with Gasteiger partial charge in [0.15, 0.2) is 0 Å². The van der Waals surface area contributed by atoms with Crippen LogP contribution in [0.3, 0.4) is 0 Å². The molecule has 2 atom stereocenters. The Balaban J connectivity index is 0.00000306. The van der Waals surface area contributed by atoms with Crippen molar-refractivity contribution in [1.29, 1.82) is 0 Å². The zero-order chi connectivity index (χ0) is 22.8. The van der Waals surface area contributed by atoms with Crippen molar-refractivity contribution >= 4 is 41.6 Å². The Labute approximate surface area is 209 Å². The molecule has 0 radical (unpaired) electrons. The van der Waals surface area contributed by atoms with Crippen LogP contribution in [-0.4, -0.2) is 48.9 Å². The maximum absolute atomic E-state index is 14.4. The van der Waals surface area contributed by atoms with E-state index in [1.54, 1.807) is 13.2 Å². The van der Waals surface area contributed by atoms with Crippen LogP contribution < -0.4 is 4.74 Å². The molecule has 0 aromatic heterocycles. The summed E-state index contributed by atoms with van der Waals surface area (Å²) >= 11 is 12.5. The molecule has 2 fully saturated rings. The molecule has 0 bridgehead atoms. The lowest BCUT2D eigenvalue weighted by Crippen LogP contribution is -2.44. The van der Waals surface area contributed by atoms with Crippen LogP contribution >= 0.6 is 35.6 Å². The van der Waals surface area contributed by atoms with Gasteiger partial charge in [-0.15, -0.1) is 12.4 Å². The lowest BCUT2D eigenvalue weighted by Gasteiger charge is -2.38. The number of nitrogens with zero attached hydrogens (tertiary/aromatic N) is 1. The maximum atomic E-state index is 14.4. The minimum Gasteiger partial charge on any atom is -0.489 e. The van der Waals surface area contributed by atoms with Gasteiger partial charge in [-0.25, -0.2) is 9.18 Å². The summed E-state index contributed by atoms with van der Waals surface area (Å²) in [5, 5.41) is 10.4. The predicted molar refractivity (Wildman–Crippen MR) is 129 cm³/mol. The SMILES string of the molecule is COC[C@@H](c1cc(Cl)cc(Cl)c1)N1CCCC(Oc2cc(F)c(C(=O)O)cc2C2CC2)C1.Cl. The number of benzene rings is 2. The molecule has 180 valence electrons. The third-order valence-electron chi connectivity index (χ3n) is 6.09. The second kappa shape index (κ2) is 11.2. The molecule has 0 spiro atoms. The Morgan fingerprint density at radius 1 is 1.18 bits per heavy atom. The number of carboxylic acid groups (broad SMARTS) is 1. The highest BCUT2D eigenvalue weighted by Crippen LogP contribution is 2.45. The first-order chi connectivity index (χ1) is 15.4. The first kappa shape index (κ1) is 26.0. The zero-order valence-corrected chi connectivity index (χ0v) is 20.6. The number of hydrogen-bond donors (Lipinski definition) is 1. The van der Waals surface area contributed by atoms with E-state index in [1.165, 1.54) is 12.1 Å². The van der Waals surface area contributed by atoms with Crippen molar-refractivity contribution in [2.24, 2.45) is 0 Å². The molecule has 1 aliphatic heterocycles. The zero-order valence-electron chi connectivity index (χ0n) is 18.2. The molecule has 1 aliphatic carbocycles. The smallest absolute Gasteiger partial charge is 0.338 e. The van der Waals surface area contributed by atoms with Gasteiger partial charge in [0.25, 0.3) is 0 Å². The first-order valence-electron chi connectivity index (χ1n) is 10.8. The van der Waals surface area contributed by atoms with Crippen LogP contribution in [0.25, 0.3) is 0 Å². The number of carbonyl (C=O) groups is 1. The molecule has 1 N–H and O–H groups in total. The highest BCUT2D eigenvalue weighted by Gasteiger charge is 2.32. The number of ether oxygens (including phenoxy) is 2. The van der Waals surface area contributed by atoms with E-state index in [9.17, 15) is 14.3 Å². The fourth-order valence-corrected chi connectivity index (χ4v) is 4.96. The van der Waals surface area contributed by atoms with E-state index in [-0.39, 0.29) is 36.0 Å². The van der Waals surface area contributed by atoms with E-state index < -0.39 is 11.8 Å². The summed E-state index contributed by atoms with van der Waals surface area (Å²) in [6.45, 7) is 1.96. The molecule has 33 heavy (non-hydrogen) atoms. The highest BCUT2D eigenvalue weighted by atomic mass is 35.5. The van der Waals surface area contributed by atoms with Crippen molar-refractivity contribution in [3.63, 3.8) is 0 Å². The van der Waals surface area contributed by atoms with Crippen LogP contribution in [0, 0.1) is 5.82 Å². The normalized spacial score (nSPS) is 19.6. The molecule has 4 rings (SSSR count). The summed E-state index contributed by atoms with van der Waals surface area (Å²) < 4.78 is 26.2. The monoisotopic (exact) mass is 517 g/mol. The third kappa shape index (κ3) is 6.31. The number of aromatic carboxylic acids is 1. The van der Waals surface area contributed by atoms with Crippen molar-refractivity contribution in [3.05, 3.63) is 62.9 Å². The van der Waals surface area contributed by atoms with Crippen LogP contribution in [0.4, 0.5) is 4.39 Å². The number of piperidine rings is 1. The maximum Gasteiger partial charge on any atom is 0.338 e. The average Bonchev–Trinajstić information content (AvgIpc) is 3.56. The van der Waals surface area contributed by atoms with Crippen molar-refractivity contribution in [3.8, 4) is 5.75 Å². The van der Waals surface area contributed by atoms with Gasteiger partial charge in [-0.05, 0) is 73.5 Å². The van der Waals surface area contributed by atoms with Crippen molar-refractivity contribution < 1.29 is 23.8 Å². The second-order valence-corrected chi connectivity index (χ2v) is 9.37. The third-order valence-corrected chi connectivity index (χ3v) is 6.52. The predicted octanol–water partition coefficient (Wildman–Crippen LogP) is 6.36. The van der Waals surface area contributed by atoms with Crippen LogP contribution in [0.1, 0.15) is 59.1 Å². The van der Waals surface area contributed by atoms with Gasteiger partial charge in [0.05, 0.1) is 18.2 Å². The number of rotatable bonds is 8. The van der Waals surface area contributed by atoms with Crippen LogP contribution in [0.2, 0.25) is 10.0 Å². The topological polar surface area (TPSA) is 59.0 Å². The van der Waals surface area contributed by atoms with Crippen molar-refractivity contribution in [2.75, 3.05) is 26.8 Å². The van der Waals surface area contributed by atoms with E-state index in [0.717, 1.165) is 43.4 Å². The molecular weight excluding hydrogens is 492 g/mol. The molecule has 2 aromatic carbocycles. The largest absolute Gasteiger partial charge is 0.489 e. The Morgan fingerprint density at radius 3 is 2.48 bits per heavy atom. The molecule has 9 heteroatoms. The molecule has 1 saturated carbocycles. The summed E-state index contributed by atoms with van der Waals surface area (Å²) in [5.74, 6) is -1.34. The van der Waals surface area contributed by atoms with Gasteiger partial charge in [-0.3, -0.25) is 4.90 Å². The van der Waals surface area contributed by atoms with Gasteiger partial charge in [0.1, 0.15) is 17.7 Å². The molecule has 0 amide bonds. The number of halogens is 4. The van der Waals surface area contributed by atoms with Gasteiger partial charge < -0.3 is 14.6 Å². The molecule has 1 heterocycles. The summed E-state index contributed by atoms with van der Waals surface area (Å²) in [4.78, 5) is 13.6. The highest BCUT2D eigenvalue weighted by molar-refractivity contribution is 6.34. The average molecular weight is 519 g/mol. The van der Waals surface area contributed by atoms with E-state index in [1.807, 2.05) is 12.1 Å². The minimum absolute atomic E-state index is 0. The Bertz CT molecular complexity index is 982. The number of likely N-dealkylation sites (tertiary alicyclic amines) is 1. The molecule has 1 unspecified atom stereocenters. The fraction of sp³-hybridized carbons (Fsp3) is 0.458. The lowest BCUT2D eigenvalue weighted by atomic mass is 10.0. The number of carboxylic acids is 1. The quantitative estimate of drug-likeness (QED) is 0.441. The molecule has 5 nitrogen and oxygen atoms in total. The van der Waals surface area contributed by atoms with E-state index in [4.69, 9.17) is 32.7 Å². The van der Waals surface area contributed by atoms with Crippen LogP contribution in [0.5, 0.6) is 5.75 Å². The fourth-order valence-electron chi connectivity index (χ4n) is 4.41. The molecule has 2 aromatic rings. The van der Waals surface area contributed by atoms with Gasteiger partial charge in [-0.1, -0.05) is 23.2 Å². The summed E-state index contributed by atoms with van der Waals surface area (Å²) in [6, 6.07) is 8.12. The van der Waals surface area contributed by atoms with Crippen molar-refractivity contribution in [2.45, 2.75) is 43.7 Å². The molecule has 1 saturated heterocycles. The van der Waals surface area contributed by atoms with Crippen LogP contribution in [0.15, 0.2) is 30.3 Å². The molecule has 2 aliphatic rings. The summed E-state index contributed by atoms with van der Waals surface area (Å²) in [7, 11) is 1.66. The summed E-state index contributed by atoms with van der Waals surface area (Å²) in [6.07, 6.45) is 3.52. The van der Waals surface area contributed by atoms with Crippen molar-refractivity contribution in [1.82, 2.24) is 4.90 Å². The molecular formula is C24H27Cl3FNO4. The first-order valence-corrected chi connectivity index (χ1v) is 11.5. The van der Waals surface area contributed by atoms with Crippen LogP contribution in [-0.2, 0) is 4.74 Å². The standard InChI is InChI=1S/C24H26Cl2FNO4.ClH/c1-31-13-22(15-7-16(25)9-17(26)8-15)28-6-2-3-18(12-28)32-23-11-21(27)20(24(29)30)10-19(23)14-4-5-14;/h7-11,14,18,22H,2-6,12-13H2,1H3,(H,29,30);1H/t18?,22-;/m0./s1. The number of methoxy groups -OCH3 is 1. The Hall–Kier alpha value is -1.57. The van der Waals surface area contributed by atoms with E-state index in [0.29, 0.717) is 28.9 Å². The van der Waals surface area contributed by atoms with Gasteiger partial charge in [0, 0.05) is 29.8 Å². The van der Waals surface area contributed by atoms with Gasteiger partial charge in [0.2, 0.25) is 0 Å². The Morgan fingerprint density at radius 2 is 1.88 bits per heavy atom. The van der Waals surface area contributed by atoms with E-state index >= 15 is 0 Å². The van der Waals surface area contributed by atoms with Gasteiger partial charge >= 0.3 is 5.97 Å². The lowest BCUT2D eigenvalue weighted by molar-refractivity contribution is 0.0284. The minimum atomic E-state index is -1.26.